The number of hydrogen-bond donors (Lipinski definition) is 2. The fraction of sp³-hybridized carbons (Fsp3) is 0.0357. The van der Waals surface area contributed by atoms with E-state index in [2.05, 4.69) is 31.2 Å². The van der Waals surface area contributed by atoms with Gasteiger partial charge in [-0.2, -0.15) is 0 Å². The number of benzene rings is 2. The van der Waals surface area contributed by atoms with Crippen LogP contribution in [-0.2, 0) is 6.54 Å². The molecule has 0 saturated heterocycles. The van der Waals surface area contributed by atoms with Crippen LogP contribution in [0.25, 0.3) is 39.5 Å². The Labute approximate surface area is 230 Å². The summed E-state index contributed by atoms with van der Waals surface area (Å²) < 4.78 is 2.67. The first-order valence-electron chi connectivity index (χ1n) is 11.7. The van der Waals surface area contributed by atoms with Gasteiger partial charge in [0.2, 0.25) is 0 Å². The Morgan fingerprint density at radius 3 is 2.50 bits per heavy atom. The van der Waals surface area contributed by atoms with Crippen LogP contribution in [0.1, 0.15) is 15.2 Å². The Morgan fingerprint density at radius 1 is 0.947 bits per heavy atom. The highest BCUT2D eigenvalue weighted by Gasteiger charge is 2.19. The minimum absolute atomic E-state index is 0.162. The number of hydrogen-bond acceptors (Lipinski definition) is 7. The maximum absolute atomic E-state index is 12.4. The number of carbonyl (C=O) groups excluding carboxylic acids is 1. The van der Waals surface area contributed by atoms with E-state index in [1.807, 2.05) is 83.4 Å². The van der Waals surface area contributed by atoms with Crippen molar-refractivity contribution < 1.29 is 4.79 Å². The second kappa shape index (κ2) is 10.2. The first kappa shape index (κ1) is 24.0. The fourth-order valence-electron chi connectivity index (χ4n) is 4.15. The largest absolute Gasteiger partial charge is 0.383 e. The highest BCUT2D eigenvalue weighted by Crippen LogP contribution is 2.31. The minimum atomic E-state index is -0.162. The Balaban J connectivity index is 1.39. The summed E-state index contributed by atoms with van der Waals surface area (Å²) in [5.41, 5.74) is 12.1. The third-order valence-corrected chi connectivity index (χ3v) is 7.48. The Kier molecular flexibility index (Phi) is 6.40. The maximum Gasteiger partial charge on any atom is 0.263 e. The molecule has 10 heteroatoms. The average Bonchev–Trinajstić information content (AvgIpc) is 3.56. The fourth-order valence-corrected chi connectivity index (χ4v) is 5.33. The number of nitrogens with one attached hydrogen (secondary N) is 1. The van der Waals surface area contributed by atoms with Crippen molar-refractivity contribution in [1.29, 1.82) is 0 Å². The van der Waals surface area contributed by atoms with Crippen LogP contribution in [0.4, 0.5) is 5.82 Å². The number of pyridine rings is 2. The monoisotopic (exact) mass is 581 g/mol. The van der Waals surface area contributed by atoms with Crippen molar-refractivity contribution in [2.45, 2.75) is 6.54 Å². The summed E-state index contributed by atoms with van der Waals surface area (Å²) >= 11 is 4.58. The van der Waals surface area contributed by atoms with E-state index in [1.165, 1.54) is 11.3 Å². The van der Waals surface area contributed by atoms with E-state index in [1.54, 1.807) is 12.4 Å². The van der Waals surface area contributed by atoms with Crippen molar-refractivity contribution in [1.82, 2.24) is 29.8 Å². The molecule has 6 aromatic rings. The summed E-state index contributed by atoms with van der Waals surface area (Å²) in [5, 5.41) is 2.94. The maximum atomic E-state index is 12.4. The van der Waals surface area contributed by atoms with Crippen molar-refractivity contribution in [2.24, 2.45) is 0 Å². The summed E-state index contributed by atoms with van der Waals surface area (Å²) in [5.74, 6) is 0.881. The summed E-state index contributed by atoms with van der Waals surface area (Å²) in [6.07, 6.45) is 3.21. The number of nitrogens with two attached hydrogens (primary N) is 1. The van der Waals surface area contributed by atoms with Gasteiger partial charge in [0, 0.05) is 24.0 Å². The number of halogens is 1. The molecule has 0 spiro atoms. The van der Waals surface area contributed by atoms with Crippen LogP contribution in [0, 0.1) is 0 Å². The van der Waals surface area contributed by atoms with Gasteiger partial charge in [0.1, 0.15) is 16.2 Å². The summed E-state index contributed by atoms with van der Waals surface area (Å²) in [6, 6.07) is 25.6. The van der Waals surface area contributed by atoms with E-state index in [-0.39, 0.29) is 5.91 Å². The number of carbonyl (C=O) groups is 1. The van der Waals surface area contributed by atoms with Crippen LogP contribution in [0.3, 0.4) is 0 Å². The zero-order valence-electron chi connectivity index (χ0n) is 19.9. The number of thiazole rings is 1. The van der Waals surface area contributed by atoms with Crippen LogP contribution in [0.2, 0.25) is 0 Å². The number of anilines is 1. The van der Waals surface area contributed by atoms with Gasteiger partial charge < -0.3 is 11.1 Å². The summed E-state index contributed by atoms with van der Waals surface area (Å²) in [4.78, 5) is 31.2. The predicted octanol–water partition coefficient (Wildman–Crippen LogP) is 5.88. The highest BCUT2D eigenvalue weighted by molar-refractivity contribution is 9.11. The smallest absolute Gasteiger partial charge is 0.263 e. The van der Waals surface area contributed by atoms with Crippen molar-refractivity contribution in [3.63, 3.8) is 0 Å². The van der Waals surface area contributed by atoms with E-state index >= 15 is 0 Å². The molecule has 0 aliphatic rings. The molecular formula is C28H20BrN7OS. The number of rotatable bonds is 6. The molecule has 3 N–H and O–H groups in total. The summed E-state index contributed by atoms with van der Waals surface area (Å²) in [7, 11) is 0. The molecule has 0 saturated carbocycles. The quantitative estimate of drug-likeness (QED) is 0.254. The van der Waals surface area contributed by atoms with Gasteiger partial charge in [-0.1, -0.05) is 42.5 Å². The topological polar surface area (TPSA) is 112 Å². The Hall–Kier alpha value is -4.41. The van der Waals surface area contributed by atoms with E-state index in [0.717, 1.165) is 33.6 Å². The van der Waals surface area contributed by atoms with Crippen LogP contribution in [0.15, 0.2) is 95.2 Å². The van der Waals surface area contributed by atoms with Gasteiger partial charge in [-0.25, -0.2) is 19.9 Å². The average molecular weight is 582 g/mol. The van der Waals surface area contributed by atoms with Gasteiger partial charge in [0.05, 0.1) is 17.5 Å². The van der Waals surface area contributed by atoms with Gasteiger partial charge in [0.15, 0.2) is 15.4 Å². The molecule has 0 fully saturated rings. The predicted molar refractivity (Wildman–Crippen MR) is 153 cm³/mol. The van der Waals surface area contributed by atoms with Crippen molar-refractivity contribution >= 4 is 50.2 Å². The standard InChI is InChI=1S/C28H20BrN7OS/c29-28-33-16-23(38-28)27(37)32-15-17-8-10-19(11-9-17)36-25(20-7-4-14-31-24(20)30)35-22-13-12-21(34-26(22)36)18-5-2-1-3-6-18/h1-14,16H,15H2,(H2,30,31)(H,32,37). The third kappa shape index (κ3) is 4.67. The molecule has 8 nitrogen and oxygen atoms in total. The molecule has 0 unspecified atom stereocenters. The molecule has 1 amide bonds. The van der Waals surface area contributed by atoms with E-state index in [0.29, 0.717) is 32.6 Å². The van der Waals surface area contributed by atoms with Gasteiger partial charge >= 0.3 is 0 Å². The normalized spacial score (nSPS) is 11.1. The molecule has 0 aliphatic heterocycles. The lowest BCUT2D eigenvalue weighted by Crippen LogP contribution is -2.21. The highest BCUT2D eigenvalue weighted by atomic mass is 79.9. The first-order chi connectivity index (χ1) is 18.6. The molecule has 38 heavy (non-hydrogen) atoms. The molecule has 6 rings (SSSR count). The second-order valence-corrected chi connectivity index (χ2v) is 10.7. The number of nitrogens with zero attached hydrogens (tertiary/aromatic N) is 5. The molecule has 0 atom stereocenters. The van der Waals surface area contributed by atoms with Crippen molar-refractivity contribution in [3.8, 4) is 28.3 Å². The van der Waals surface area contributed by atoms with E-state index in [4.69, 9.17) is 15.7 Å². The van der Waals surface area contributed by atoms with Crippen molar-refractivity contribution in [2.75, 3.05) is 5.73 Å². The SMILES string of the molecule is Nc1ncccc1-c1nc2ccc(-c3ccccc3)nc2n1-c1ccc(CNC(=O)c2cnc(Br)s2)cc1. The van der Waals surface area contributed by atoms with E-state index in [9.17, 15) is 4.79 Å². The van der Waals surface area contributed by atoms with Gasteiger partial charge in [-0.05, 0) is 57.9 Å². The van der Waals surface area contributed by atoms with Crippen LogP contribution in [-0.4, -0.2) is 30.4 Å². The number of imidazole rings is 1. The van der Waals surface area contributed by atoms with Crippen LogP contribution < -0.4 is 11.1 Å². The minimum Gasteiger partial charge on any atom is -0.383 e. The summed E-state index contributed by atoms with van der Waals surface area (Å²) in [6.45, 7) is 0.387. The lowest BCUT2D eigenvalue weighted by Gasteiger charge is -2.12. The lowest BCUT2D eigenvalue weighted by molar-refractivity contribution is 0.0954. The van der Waals surface area contributed by atoms with Gasteiger partial charge in [0.25, 0.3) is 5.91 Å². The number of aromatic nitrogens is 5. The number of fused-ring (bicyclic) bond motifs is 1. The first-order valence-corrected chi connectivity index (χ1v) is 13.3. The number of amides is 1. The van der Waals surface area contributed by atoms with E-state index < -0.39 is 0 Å². The molecule has 4 heterocycles. The second-order valence-electron chi connectivity index (χ2n) is 8.44. The van der Waals surface area contributed by atoms with Crippen LogP contribution in [0.5, 0.6) is 0 Å². The molecule has 0 bridgehead atoms. The molecule has 0 radical (unpaired) electrons. The number of nitrogen functional groups attached to an aromatic ring is 1. The Bertz CT molecular complexity index is 1760. The lowest BCUT2D eigenvalue weighted by atomic mass is 10.1. The molecule has 0 aliphatic carbocycles. The molecule has 4 aromatic heterocycles. The van der Waals surface area contributed by atoms with Crippen molar-refractivity contribution in [3.05, 3.63) is 106 Å². The zero-order chi connectivity index (χ0) is 26.1. The molecule has 2 aromatic carbocycles. The van der Waals surface area contributed by atoms with Gasteiger partial charge in [-0.15, -0.1) is 11.3 Å². The zero-order valence-corrected chi connectivity index (χ0v) is 22.3. The third-order valence-electron chi connectivity index (χ3n) is 6.00. The Morgan fingerprint density at radius 2 is 1.76 bits per heavy atom. The molecule has 186 valence electrons. The molecular weight excluding hydrogens is 562 g/mol. The van der Waals surface area contributed by atoms with Gasteiger partial charge in [-0.3, -0.25) is 9.36 Å². The van der Waals surface area contributed by atoms with Crippen LogP contribution >= 0.6 is 27.3 Å².